The Kier molecular flexibility index (Phi) is 5.00. The van der Waals surface area contributed by atoms with Gasteiger partial charge in [0, 0.05) is 16.3 Å². The van der Waals surface area contributed by atoms with Crippen LogP contribution < -0.4 is 5.32 Å². The number of carbonyl (C=O) groups excluding carboxylic acids is 1. The van der Waals surface area contributed by atoms with Crippen molar-refractivity contribution in [1.82, 2.24) is 15.3 Å². The molecule has 0 aromatic carbocycles. The summed E-state index contributed by atoms with van der Waals surface area (Å²) in [5.41, 5.74) is 0. The molecular weight excluding hydrogens is 350 g/mol. The Morgan fingerprint density at radius 2 is 2.28 bits per heavy atom. The molecule has 2 aromatic rings. The highest BCUT2D eigenvalue weighted by molar-refractivity contribution is 8.00. The first kappa shape index (κ1) is 17.3. The van der Waals surface area contributed by atoms with Crippen LogP contribution in [0.3, 0.4) is 0 Å². The topological polar surface area (TPSA) is 54.9 Å². The number of fused-ring (bicyclic) bond motifs is 3. The van der Waals surface area contributed by atoms with Crippen LogP contribution in [0.15, 0.2) is 17.4 Å². The Morgan fingerprint density at radius 1 is 1.40 bits per heavy atom. The number of aryl methyl sites for hydroxylation is 1. The molecule has 2 aromatic heterocycles. The van der Waals surface area contributed by atoms with E-state index in [2.05, 4.69) is 35.2 Å². The van der Waals surface area contributed by atoms with Gasteiger partial charge in [0.2, 0.25) is 5.91 Å². The minimum Gasteiger partial charge on any atom is -0.353 e. The molecule has 25 heavy (non-hydrogen) atoms. The van der Waals surface area contributed by atoms with Crippen LogP contribution in [-0.2, 0) is 11.2 Å². The summed E-state index contributed by atoms with van der Waals surface area (Å²) in [5.74, 6) is 2.99. The van der Waals surface area contributed by atoms with E-state index in [1.54, 1.807) is 17.7 Å². The maximum absolute atomic E-state index is 12.4. The number of nitrogens with one attached hydrogen (secondary N) is 1. The molecule has 0 radical (unpaired) electrons. The number of thiophene rings is 1. The van der Waals surface area contributed by atoms with E-state index in [1.807, 2.05) is 0 Å². The van der Waals surface area contributed by atoms with Crippen LogP contribution in [-0.4, -0.2) is 27.7 Å². The Bertz CT molecular complexity index is 775. The van der Waals surface area contributed by atoms with Crippen LogP contribution >= 0.6 is 23.1 Å². The van der Waals surface area contributed by atoms with Crippen LogP contribution in [0.1, 0.15) is 44.4 Å². The monoisotopic (exact) mass is 375 g/mol. The molecule has 4 atom stereocenters. The molecule has 2 bridgehead atoms. The van der Waals surface area contributed by atoms with E-state index in [9.17, 15) is 4.79 Å². The van der Waals surface area contributed by atoms with Gasteiger partial charge in [-0.15, -0.1) is 11.3 Å². The molecule has 0 spiro atoms. The molecule has 2 heterocycles. The van der Waals surface area contributed by atoms with Gasteiger partial charge in [0.1, 0.15) is 16.2 Å². The van der Waals surface area contributed by atoms with Crippen LogP contribution in [0.2, 0.25) is 0 Å². The molecule has 1 N–H and O–H groups in total. The lowest BCUT2D eigenvalue weighted by Gasteiger charge is -2.28. The third-order valence-corrected chi connectivity index (χ3v) is 8.05. The van der Waals surface area contributed by atoms with Gasteiger partial charge in [0.15, 0.2) is 0 Å². The molecule has 2 fully saturated rings. The van der Waals surface area contributed by atoms with Crippen LogP contribution in [0, 0.1) is 17.8 Å². The molecule has 134 valence electrons. The van der Waals surface area contributed by atoms with Crippen LogP contribution in [0.5, 0.6) is 0 Å². The molecule has 6 heteroatoms. The van der Waals surface area contributed by atoms with Crippen molar-refractivity contribution in [3.63, 3.8) is 0 Å². The highest BCUT2D eigenvalue weighted by Gasteiger charge is 2.42. The first-order valence-electron chi connectivity index (χ1n) is 9.29. The normalized spacial score (nSPS) is 26.2. The Morgan fingerprint density at radius 3 is 3.00 bits per heavy atom. The number of thioether (sulfide) groups is 1. The predicted molar refractivity (Wildman–Crippen MR) is 104 cm³/mol. The summed E-state index contributed by atoms with van der Waals surface area (Å²) in [7, 11) is 0. The number of aromatic nitrogens is 2. The lowest BCUT2D eigenvalue weighted by atomic mass is 9.84. The van der Waals surface area contributed by atoms with Gasteiger partial charge in [-0.05, 0) is 56.4 Å². The van der Waals surface area contributed by atoms with Gasteiger partial charge in [0.25, 0.3) is 0 Å². The molecular formula is C19H25N3OS2. The molecule has 4 nitrogen and oxygen atoms in total. The van der Waals surface area contributed by atoms with Gasteiger partial charge < -0.3 is 5.32 Å². The number of nitrogens with zero attached hydrogens (tertiary/aromatic N) is 2. The van der Waals surface area contributed by atoms with Crippen molar-refractivity contribution in [2.45, 2.75) is 57.0 Å². The number of carbonyl (C=O) groups is 1. The molecule has 0 saturated heterocycles. The van der Waals surface area contributed by atoms with Crippen molar-refractivity contribution < 1.29 is 4.79 Å². The van der Waals surface area contributed by atoms with E-state index >= 15 is 0 Å². The van der Waals surface area contributed by atoms with Gasteiger partial charge in [-0.1, -0.05) is 25.1 Å². The minimum absolute atomic E-state index is 0.123. The smallest absolute Gasteiger partial charge is 0.230 e. The van der Waals surface area contributed by atoms with E-state index in [-0.39, 0.29) is 5.91 Å². The zero-order valence-electron chi connectivity index (χ0n) is 14.8. The fraction of sp³-hybridized carbons (Fsp3) is 0.632. The fourth-order valence-corrected chi connectivity index (χ4v) is 6.40. The van der Waals surface area contributed by atoms with Crippen molar-refractivity contribution in [3.8, 4) is 0 Å². The third-order valence-electron chi connectivity index (χ3n) is 5.86. The lowest BCUT2D eigenvalue weighted by Crippen LogP contribution is -2.40. The zero-order valence-corrected chi connectivity index (χ0v) is 16.5. The lowest BCUT2D eigenvalue weighted by molar-refractivity contribution is -0.119. The molecule has 4 unspecified atom stereocenters. The highest BCUT2D eigenvalue weighted by Crippen LogP contribution is 2.49. The molecule has 2 aliphatic rings. The Labute approximate surface area is 157 Å². The predicted octanol–water partition coefficient (Wildman–Crippen LogP) is 4.29. The van der Waals surface area contributed by atoms with Crippen LogP contribution in [0.4, 0.5) is 0 Å². The average molecular weight is 376 g/mol. The first-order valence-corrected chi connectivity index (χ1v) is 11.1. The number of hydrogen-bond acceptors (Lipinski definition) is 5. The summed E-state index contributed by atoms with van der Waals surface area (Å²) in [6.45, 7) is 4.33. The van der Waals surface area contributed by atoms with Gasteiger partial charge in [-0.25, -0.2) is 9.97 Å². The van der Waals surface area contributed by atoms with Gasteiger partial charge in [-0.3, -0.25) is 4.79 Å². The van der Waals surface area contributed by atoms with Crippen molar-refractivity contribution in [2.24, 2.45) is 17.8 Å². The third kappa shape index (κ3) is 3.56. The van der Waals surface area contributed by atoms with E-state index in [1.165, 1.54) is 42.3 Å². The minimum atomic E-state index is 0.123. The number of hydrogen-bond donors (Lipinski definition) is 1. The largest absolute Gasteiger partial charge is 0.353 e. The summed E-state index contributed by atoms with van der Waals surface area (Å²) in [4.78, 5) is 23.5. The van der Waals surface area contributed by atoms with Crippen molar-refractivity contribution in [3.05, 3.63) is 17.3 Å². The van der Waals surface area contributed by atoms with Gasteiger partial charge in [-0.2, -0.15) is 0 Å². The quantitative estimate of drug-likeness (QED) is 0.604. The fourth-order valence-electron chi connectivity index (χ4n) is 4.62. The summed E-state index contributed by atoms with van der Waals surface area (Å²) < 4.78 is 0. The molecule has 0 aliphatic heterocycles. The zero-order chi connectivity index (χ0) is 17.4. The van der Waals surface area contributed by atoms with E-state index < -0.39 is 0 Å². The maximum Gasteiger partial charge on any atom is 0.230 e. The molecule has 4 rings (SSSR count). The van der Waals surface area contributed by atoms with E-state index in [0.717, 1.165) is 33.5 Å². The summed E-state index contributed by atoms with van der Waals surface area (Å²) in [6, 6.07) is 2.46. The Hall–Kier alpha value is -1.14. The first-order chi connectivity index (χ1) is 12.1. The average Bonchev–Trinajstić information content (AvgIpc) is 3.33. The summed E-state index contributed by atoms with van der Waals surface area (Å²) >= 11 is 3.24. The van der Waals surface area contributed by atoms with Gasteiger partial charge in [0.05, 0.1) is 5.75 Å². The van der Waals surface area contributed by atoms with Gasteiger partial charge >= 0.3 is 0 Å². The standard InChI is InChI=1S/C19H25N3OS2/c1-3-14-8-16-18(20-10-21-19(16)25-14)24-9-17(23)22-11(2)15-7-12-4-5-13(15)6-12/h8,10-13,15H,3-7,9H2,1-2H3,(H,22,23). The van der Waals surface area contributed by atoms with Crippen molar-refractivity contribution in [2.75, 3.05) is 5.75 Å². The molecule has 2 saturated carbocycles. The Balaban J connectivity index is 1.35. The SMILES string of the molecule is CCc1cc2c(SCC(=O)NC(C)C3CC4CCC3C4)ncnc2s1. The van der Waals surface area contributed by atoms with Crippen LogP contribution in [0.25, 0.3) is 10.2 Å². The van der Waals surface area contributed by atoms with E-state index in [0.29, 0.717) is 17.7 Å². The second-order valence-corrected chi connectivity index (χ2v) is 9.53. The van der Waals surface area contributed by atoms with Crippen molar-refractivity contribution >= 4 is 39.2 Å². The highest BCUT2D eigenvalue weighted by atomic mass is 32.2. The molecule has 1 amide bonds. The maximum atomic E-state index is 12.4. The summed E-state index contributed by atoms with van der Waals surface area (Å²) in [6.07, 6.45) is 8.07. The number of amides is 1. The number of rotatable bonds is 6. The second kappa shape index (κ2) is 7.23. The van der Waals surface area contributed by atoms with Crippen molar-refractivity contribution in [1.29, 1.82) is 0 Å². The second-order valence-electron chi connectivity index (χ2n) is 7.45. The molecule has 2 aliphatic carbocycles. The van der Waals surface area contributed by atoms with E-state index in [4.69, 9.17) is 0 Å². The summed E-state index contributed by atoms with van der Waals surface area (Å²) in [5, 5.41) is 5.25.